The summed E-state index contributed by atoms with van der Waals surface area (Å²) >= 11 is 0. The molecule has 0 aliphatic rings. The van der Waals surface area contributed by atoms with Crippen LogP contribution < -0.4 is 5.43 Å². The average molecular weight is 189 g/mol. The van der Waals surface area contributed by atoms with E-state index in [2.05, 4.69) is 15.8 Å². The van der Waals surface area contributed by atoms with Gasteiger partial charge in [-0.1, -0.05) is 28.5 Å². The molecule has 0 aliphatic heterocycles. The van der Waals surface area contributed by atoms with Crippen molar-refractivity contribution in [3.05, 3.63) is 30.3 Å². The number of hydrogen-bond donors (Lipinski definition) is 1. The minimum atomic E-state index is -4.62. The second-order valence-electron chi connectivity index (χ2n) is 2.15. The first-order valence-electron chi connectivity index (χ1n) is 3.37. The van der Waals surface area contributed by atoms with Crippen LogP contribution in [0.1, 0.15) is 0 Å². The maximum atomic E-state index is 11.5. The Hall–Kier alpha value is -1.59. The molecule has 0 fully saturated rings. The summed E-state index contributed by atoms with van der Waals surface area (Å²) in [5, 5.41) is 4.83. The van der Waals surface area contributed by atoms with E-state index in [1.54, 1.807) is 30.3 Å². The highest BCUT2D eigenvalue weighted by Crippen LogP contribution is 2.16. The summed E-state index contributed by atoms with van der Waals surface area (Å²) in [5.41, 5.74) is 2.59. The largest absolute Gasteiger partial charge is 0.522 e. The molecule has 6 heteroatoms. The van der Waals surface area contributed by atoms with E-state index in [0.29, 0.717) is 5.69 Å². The lowest BCUT2D eigenvalue weighted by Gasteiger charge is -1.98. The standard InChI is InChI=1S/C7H6F3N3/c8-7(9,10)12-13-11-6-4-2-1-3-5-6/h1-5H,(H,11,12). The number of benzene rings is 1. The second kappa shape index (κ2) is 3.88. The highest BCUT2D eigenvalue weighted by molar-refractivity contribution is 5.41. The summed E-state index contributed by atoms with van der Waals surface area (Å²) in [6.07, 6.45) is -4.62. The molecule has 3 nitrogen and oxygen atoms in total. The molecule has 0 bridgehead atoms. The van der Waals surface area contributed by atoms with Crippen LogP contribution in [-0.4, -0.2) is 6.30 Å². The van der Waals surface area contributed by atoms with E-state index in [1.165, 1.54) is 0 Å². The topological polar surface area (TPSA) is 36.8 Å². The van der Waals surface area contributed by atoms with E-state index in [4.69, 9.17) is 0 Å². The van der Waals surface area contributed by atoms with Gasteiger partial charge in [0.15, 0.2) is 0 Å². The Balaban J connectivity index is 2.49. The lowest BCUT2D eigenvalue weighted by molar-refractivity contribution is -0.125. The van der Waals surface area contributed by atoms with Gasteiger partial charge in [0.25, 0.3) is 0 Å². The summed E-state index contributed by atoms with van der Waals surface area (Å²) in [5.74, 6) is 0. The van der Waals surface area contributed by atoms with Crippen molar-refractivity contribution < 1.29 is 13.2 Å². The van der Waals surface area contributed by atoms with Gasteiger partial charge in [-0.3, -0.25) is 5.43 Å². The van der Waals surface area contributed by atoms with Crippen molar-refractivity contribution >= 4 is 5.69 Å². The van der Waals surface area contributed by atoms with Gasteiger partial charge in [-0.05, 0) is 12.1 Å². The first-order valence-corrected chi connectivity index (χ1v) is 3.37. The number of rotatable bonds is 2. The molecular weight excluding hydrogens is 183 g/mol. The van der Waals surface area contributed by atoms with Crippen molar-refractivity contribution in [2.75, 3.05) is 5.43 Å². The number of anilines is 1. The second-order valence-corrected chi connectivity index (χ2v) is 2.15. The van der Waals surface area contributed by atoms with Gasteiger partial charge in [-0.2, -0.15) is 0 Å². The zero-order valence-corrected chi connectivity index (χ0v) is 6.42. The van der Waals surface area contributed by atoms with Crippen LogP contribution in [0.15, 0.2) is 40.7 Å². The third-order valence-electron chi connectivity index (χ3n) is 1.12. The molecule has 0 saturated heterocycles. The SMILES string of the molecule is FC(F)(F)N=NNc1ccccc1. The quantitative estimate of drug-likeness (QED) is 0.433. The number of nitrogens with one attached hydrogen (secondary N) is 1. The Labute approximate surface area is 72.3 Å². The number of halogens is 3. The van der Waals surface area contributed by atoms with E-state index in [-0.39, 0.29) is 0 Å². The summed E-state index contributed by atoms with van der Waals surface area (Å²) < 4.78 is 34.4. The normalized spacial score (nSPS) is 11.9. The number of para-hydroxylation sites is 1. The van der Waals surface area contributed by atoms with Crippen LogP contribution in [0, 0.1) is 0 Å². The molecule has 1 aromatic rings. The van der Waals surface area contributed by atoms with E-state index in [1.807, 2.05) is 0 Å². The Morgan fingerprint density at radius 1 is 1.08 bits per heavy atom. The molecule has 1 rings (SSSR count). The van der Waals surface area contributed by atoms with Gasteiger partial charge in [0.05, 0.1) is 5.69 Å². The molecule has 0 aliphatic carbocycles. The van der Waals surface area contributed by atoms with Gasteiger partial charge in [0, 0.05) is 0 Å². The molecule has 0 atom stereocenters. The van der Waals surface area contributed by atoms with Crippen molar-refractivity contribution in [2.24, 2.45) is 10.3 Å². The molecule has 70 valence electrons. The fourth-order valence-corrected chi connectivity index (χ4v) is 0.652. The maximum absolute atomic E-state index is 11.5. The molecule has 0 amide bonds. The van der Waals surface area contributed by atoms with Crippen LogP contribution in [0.3, 0.4) is 0 Å². The molecule has 1 aromatic carbocycles. The third kappa shape index (κ3) is 4.09. The smallest absolute Gasteiger partial charge is 0.260 e. The van der Waals surface area contributed by atoms with E-state index >= 15 is 0 Å². The molecule has 13 heavy (non-hydrogen) atoms. The average Bonchev–Trinajstić information content (AvgIpc) is 2.04. The zero-order chi connectivity index (χ0) is 9.73. The van der Waals surface area contributed by atoms with Crippen molar-refractivity contribution in [3.8, 4) is 0 Å². The lowest BCUT2D eigenvalue weighted by Crippen LogP contribution is -2.01. The Kier molecular flexibility index (Phi) is 2.84. The fourth-order valence-electron chi connectivity index (χ4n) is 0.652. The van der Waals surface area contributed by atoms with Gasteiger partial charge in [-0.15, -0.1) is 13.2 Å². The maximum Gasteiger partial charge on any atom is 0.522 e. The number of alkyl halides is 3. The number of hydrogen-bond acceptors (Lipinski definition) is 2. The first kappa shape index (κ1) is 9.50. The van der Waals surface area contributed by atoms with Crippen molar-refractivity contribution in [2.45, 2.75) is 6.30 Å². The van der Waals surface area contributed by atoms with Gasteiger partial charge >= 0.3 is 6.30 Å². The summed E-state index contributed by atoms with van der Waals surface area (Å²) in [6, 6.07) is 8.24. The molecule has 0 heterocycles. The van der Waals surface area contributed by atoms with Crippen molar-refractivity contribution in [1.29, 1.82) is 0 Å². The van der Waals surface area contributed by atoms with Crippen LogP contribution in [0.4, 0.5) is 18.9 Å². The predicted octanol–water partition coefficient (Wildman–Crippen LogP) is 2.99. The Bertz CT molecular complexity index is 281. The van der Waals surface area contributed by atoms with Gasteiger partial charge in [-0.25, -0.2) is 0 Å². The first-order chi connectivity index (χ1) is 6.08. The van der Waals surface area contributed by atoms with Gasteiger partial charge in [0.1, 0.15) is 0 Å². The highest BCUT2D eigenvalue weighted by Gasteiger charge is 2.26. The summed E-state index contributed by atoms with van der Waals surface area (Å²) in [4.78, 5) is 0. The van der Waals surface area contributed by atoms with Gasteiger partial charge in [0.2, 0.25) is 0 Å². The summed E-state index contributed by atoms with van der Waals surface area (Å²) in [7, 11) is 0. The van der Waals surface area contributed by atoms with Crippen LogP contribution >= 0.6 is 0 Å². The van der Waals surface area contributed by atoms with E-state index in [0.717, 1.165) is 0 Å². The zero-order valence-electron chi connectivity index (χ0n) is 6.42. The molecule has 0 radical (unpaired) electrons. The Morgan fingerprint density at radius 3 is 2.23 bits per heavy atom. The monoisotopic (exact) mass is 189 g/mol. The van der Waals surface area contributed by atoms with Crippen LogP contribution in [0.2, 0.25) is 0 Å². The van der Waals surface area contributed by atoms with Crippen molar-refractivity contribution in [3.63, 3.8) is 0 Å². The molecule has 1 N–H and O–H groups in total. The summed E-state index contributed by atoms with van der Waals surface area (Å²) in [6.45, 7) is 0. The molecule has 0 spiro atoms. The van der Waals surface area contributed by atoms with Crippen LogP contribution in [0.5, 0.6) is 0 Å². The fraction of sp³-hybridized carbons (Fsp3) is 0.143. The highest BCUT2D eigenvalue weighted by atomic mass is 19.4. The van der Waals surface area contributed by atoms with Crippen LogP contribution in [-0.2, 0) is 0 Å². The predicted molar refractivity (Wildman–Crippen MR) is 41.0 cm³/mol. The Morgan fingerprint density at radius 2 is 1.69 bits per heavy atom. The van der Waals surface area contributed by atoms with E-state index < -0.39 is 6.30 Å². The minimum absolute atomic E-state index is 0.454. The molecule has 0 aromatic heterocycles. The molecule has 0 saturated carbocycles. The number of nitrogens with zero attached hydrogens (tertiary/aromatic N) is 2. The molecular formula is C7H6F3N3. The van der Waals surface area contributed by atoms with E-state index in [9.17, 15) is 13.2 Å². The minimum Gasteiger partial charge on any atom is -0.260 e. The van der Waals surface area contributed by atoms with Crippen LogP contribution in [0.25, 0.3) is 0 Å². The van der Waals surface area contributed by atoms with Crippen molar-refractivity contribution in [1.82, 2.24) is 0 Å². The lowest BCUT2D eigenvalue weighted by atomic mass is 10.3. The third-order valence-corrected chi connectivity index (χ3v) is 1.12. The molecule has 0 unspecified atom stereocenters. The van der Waals surface area contributed by atoms with Gasteiger partial charge < -0.3 is 0 Å².